The van der Waals surface area contributed by atoms with Crippen LogP contribution in [-0.2, 0) is 25.9 Å². The topological polar surface area (TPSA) is 17.1 Å². The quantitative estimate of drug-likeness (QED) is 0.704. The largest absolute Gasteiger partial charge is 2.00 e. The molecule has 1 nitrogen and oxygen atoms in total. The van der Waals surface area contributed by atoms with Crippen LogP contribution in [0.2, 0.25) is 0 Å². The molecule has 0 aromatic carbocycles. The summed E-state index contributed by atoms with van der Waals surface area (Å²) in [6.07, 6.45) is 2.77. The first-order chi connectivity index (χ1) is 2.81. The smallest absolute Gasteiger partial charge is 0.542 e. The minimum absolute atomic E-state index is 0. The van der Waals surface area contributed by atoms with Gasteiger partial charge < -0.3 is 12.2 Å². The van der Waals surface area contributed by atoms with E-state index in [4.69, 9.17) is 0 Å². The van der Waals surface area contributed by atoms with E-state index in [0.29, 0.717) is 0 Å². The Morgan fingerprint density at radius 1 is 1.62 bits per heavy atom. The average Bonchev–Trinajstić information content (AvgIpc) is 1.65. The predicted molar refractivity (Wildman–Crippen MR) is 31.6 cm³/mol. The summed E-state index contributed by atoms with van der Waals surface area (Å²) in [4.78, 5) is 9.61. The van der Waals surface area contributed by atoms with Crippen LogP contribution in [0, 0.1) is 13.3 Å². The molecule has 0 aromatic heterocycles. The van der Waals surface area contributed by atoms with Crippen LogP contribution in [0.4, 0.5) is 0 Å². The first-order valence-electron chi connectivity index (χ1n) is 2.19. The van der Waals surface area contributed by atoms with E-state index in [2.05, 4.69) is 0 Å². The van der Waals surface area contributed by atoms with Gasteiger partial charge in [-0.2, -0.15) is 0 Å². The van der Waals surface area contributed by atoms with Crippen LogP contribution in [0.3, 0.4) is 0 Å². The minimum Gasteiger partial charge on any atom is -0.542 e. The molecule has 0 N–H and O–H groups in total. The molecule has 0 aliphatic carbocycles. The molecule has 0 aromatic rings. The number of carbonyl (C=O) groups excluding carboxylic acids is 1. The Hall–Kier alpha value is 0.358. The van der Waals surface area contributed by atoms with Crippen molar-refractivity contribution in [3.05, 3.63) is 7.43 Å². The molecule has 0 bridgehead atoms. The van der Waals surface area contributed by atoms with Gasteiger partial charge in [-0.3, -0.25) is 6.29 Å². The molecule has 0 aliphatic rings. The molecule has 0 fully saturated rings. The van der Waals surface area contributed by atoms with Crippen LogP contribution in [0.5, 0.6) is 0 Å². The summed E-state index contributed by atoms with van der Waals surface area (Å²) in [6, 6.07) is 0. The molecule has 0 spiro atoms. The van der Waals surface area contributed by atoms with Crippen molar-refractivity contribution in [3.63, 3.8) is 0 Å². The number of hydrogen-bond acceptors (Lipinski definition) is 1. The van der Waals surface area contributed by atoms with E-state index in [1.54, 1.807) is 0 Å². The Morgan fingerprint density at radius 2 is 2.00 bits per heavy atom. The van der Waals surface area contributed by atoms with E-state index >= 15 is 0 Å². The summed E-state index contributed by atoms with van der Waals surface area (Å²) in [5, 5.41) is 0. The maximum atomic E-state index is 9.61. The molecule has 0 radical (unpaired) electrons. The molecule has 0 rings (SSSR count). The Bertz CT molecular complexity index is 45.8. The normalized spacial score (nSPS) is 10.2. The van der Waals surface area contributed by atoms with Crippen molar-refractivity contribution in [2.45, 2.75) is 20.3 Å². The fourth-order valence-electron chi connectivity index (χ4n) is 0.0833. The zero-order chi connectivity index (χ0) is 4.99. The maximum Gasteiger partial charge on any atom is 2.00 e. The van der Waals surface area contributed by atoms with Gasteiger partial charge in [0.1, 0.15) is 0 Å². The van der Waals surface area contributed by atoms with Gasteiger partial charge in [-0.05, 0) is 0 Å². The van der Waals surface area contributed by atoms with Crippen LogP contribution in [0.25, 0.3) is 0 Å². The van der Waals surface area contributed by atoms with Crippen LogP contribution in [0.15, 0.2) is 0 Å². The minimum atomic E-state index is 0. The van der Waals surface area contributed by atoms with Crippen molar-refractivity contribution < 1.29 is 25.9 Å². The molecule has 0 aliphatic heterocycles. The molecule has 48 valence electrons. The Kier molecular flexibility index (Phi) is 20.4. The third-order valence-corrected chi connectivity index (χ3v) is 0.814. The summed E-state index contributed by atoms with van der Waals surface area (Å²) in [7, 11) is 0. The van der Waals surface area contributed by atoms with Crippen molar-refractivity contribution in [2.24, 2.45) is 5.92 Å². The van der Waals surface area contributed by atoms with Crippen LogP contribution < -0.4 is 0 Å². The van der Waals surface area contributed by atoms with Crippen molar-refractivity contribution in [3.8, 4) is 0 Å². The Balaban J connectivity index is -0.000000125. The van der Waals surface area contributed by atoms with Crippen LogP contribution in [-0.4, -0.2) is 6.29 Å². The van der Waals surface area contributed by atoms with Gasteiger partial charge in [-0.15, -0.1) is 5.92 Å². The van der Waals surface area contributed by atoms with Gasteiger partial charge in [0.2, 0.25) is 0 Å². The number of rotatable bonds is 2. The first-order valence-corrected chi connectivity index (χ1v) is 2.19. The molecule has 1 atom stereocenters. The average molecular weight is 284 g/mol. The van der Waals surface area contributed by atoms with E-state index in [1.807, 2.05) is 20.1 Å². The second kappa shape index (κ2) is 10.4. The summed E-state index contributed by atoms with van der Waals surface area (Å²) in [5.74, 6) is 0.130. The second-order valence-electron chi connectivity index (χ2n) is 1.43. The van der Waals surface area contributed by atoms with E-state index in [-0.39, 0.29) is 34.4 Å². The fourth-order valence-corrected chi connectivity index (χ4v) is 0.0833. The molecule has 8 heavy (non-hydrogen) atoms. The third-order valence-electron chi connectivity index (χ3n) is 0.814. The standard InChI is InChI=1S/C5H9O.CH3.W/c1-3-5(2)4-6;;/h5H,3H2,1-2H3;1H3;/q2*-1;+2. The van der Waals surface area contributed by atoms with E-state index < -0.39 is 0 Å². The molecule has 0 saturated heterocycles. The van der Waals surface area contributed by atoms with Gasteiger partial charge in [-0.1, -0.05) is 20.3 Å². The van der Waals surface area contributed by atoms with Crippen molar-refractivity contribution in [1.82, 2.24) is 0 Å². The zero-order valence-electron chi connectivity index (χ0n) is 5.60. The van der Waals surface area contributed by atoms with Gasteiger partial charge in [0.15, 0.2) is 0 Å². The van der Waals surface area contributed by atoms with Gasteiger partial charge >= 0.3 is 21.1 Å². The van der Waals surface area contributed by atoms with Crippen molar-refractivity contribution >= 4 is 6.29 Å². The van der Waals surface area contributed by atoms with E-state index in [1.165, 1.54) is 0 Å². The van der Waals surface area contributed by atoms with E-state index in [0.717, 1.165) is 6.42 Å². The van der Waals surface area contributed by atoms with Crippen LogP contribution in [0.1, 0.15) is 20.3 Å². The molecule has 1 unspecified atom stereocenters. The summed E-state index contributed by atoms with van der Waals surface area (Å²) < 4.78 is 0. The van der Waals surface area contributed by atoms with Crippen molar-refractivity contribution in [2.75, 3.05) is 0 Å². The molecule has 2 heteroatoms. The maximum absolute atomic E-state index is 9.61. The predicted octanol–water partition coefficient (Wildman–Crippen LogP) is 1.59. The summed E-state index contributed by atoms with van der Waals surface area (Å²) >= 11 is 0. The first kappa shape index (κ1) is 15.8. The summed E-state index contributed by atoms with van der Waals surface area (Å²) in [6.45, 7) is 3.82. The van der Waals surface area contributed by atoms with E-state index in [9.17, 15) is 4.79 Å². The van der Waals surface area contributed by atoms with Gasteiger partial charge in [-0.25, -0.2) is 0 Å². The monoisotopic (exact) mass is 284 g/mol. The SMILES string of the molecule is CCC(C)[C-]=O.[CH3-].[W+2]. The third kappa shape index (κ3) is 9.61. The molecule has 0 heterocycles. The van der Waals surface area contributed by atoms with Crippen molar-refractivity contribution in [1.29, 1.82) is 0 Å². The zero-order valence-corrected chi connectivity index (χ0v) is 8.53. The molecule has 0 saturated carbocycles. The molecular formula is C6H12OW. The van der Waals surface area contributed by atoms with Gasteiger partial charge in [0.05, 0.1) is 0 Å². The second-order valence-corrected chi connectivity index (χ2v) is 1.43. The Morgan fingerprint density at radius 3 is 2.00 bits per heavy atom. The number of hydrogen-bond donors (Lipinski definition) is 0. The van der Waals surface area contributed by atoms with Gasteiger partial charge in [0, 0.05) is 0 Å². The van der Waals surface area contributed by atoms with Gasteiger partial charge in [0.25, 0.3) is 0 Å². The Labute approximate surface area is 66.1 Å². The molecule has 0 amide bonds. The molecular weight excluding hydrogens is 272 g/mol. The van der Waals surface area contributed by atoms with Crippen LogP contribution >= 0.6 is 0 Å². The summed E-state index contributed by atoms with van der Waals surface area (Å²) in [5.41, 5.74) is 0. The fraction of sp³-hybridized carbons (Fsp3) is 0.667.